The first-order chi connectivity index (χ1) is 6.31. The van der Waals surface area contributed by atoms with Crippen molar-refractivity contribution in [1.82, 2.24) is 15.1 Å². The Morgan fingerprint density at radius 1 is 1.77 bits per heavy atom. The number of hydrogen-bond donors (Lipinski definition) is 2. The highest BCUT2D eigenvalue weighted by Gasteiger charge is 2.26. The predicted octanol–water partition coefficient (Wildman–Crippen LogP) is 0.0630. The van der Waals surface area contributed by atoms with E-state index in [0.29, 0.717) is 12.0 Å². The minimum atomic E-state index is 0.279. The van der Waals surface area contributed by atoms with Crippen LogP contribution in [0.3, 0.4) is 0 Å². The SMILES string of the molecule is Cn1nccc1C1CC(CO)CN1. The van der Waals surface area contributed by atoms with Gasteiger partial charge in [-0.15, -0.1) is 0 Å². The highest BCUT2D eigenvalue weighted by molar-refractivity contribution is 5.08. The Hall–Kier alpha value is -0.870. The van der Waals surface area contributed by atoms with E-state index in [2.05, 4.69) is 10.4 Å². The predicted molar refractivity (Wildman–Crippen MR) is 49.1 cm³/mol. The molecule has 0 radical (unpaired) electrons. The van der Waals surface area contributed by atoms with Gasteiger partial charge in [0.2, 0.25) is 0 Å². The zero-order valence-electron chi connectivity index (χ0n) is 7.77. The molecule has 2 heterocycles. The van der Waals surface area contributed by atoms with Gasteiger partial charge in [-0.05, 0) is 18.4 Å². The van der Waals surface area contributed by atoms with Crippen LogP contribution in [0, 0.1) is 5.92 Å². The molecule has 1 aromatic rings. The van der Waals surface area contributed by atoms with Crippen LogP contribution in [0.25, 0.3) is 0 Å². The number of aromatic nitrogens is 2. The molecule has 1 aliphatic heterocycles. The molecule has 0 bridgehead atoms. The second kappa shape index (κ2) is 3.47. The Morgan fingerprint density at radius 3 is 3.15 bits per heavy atom. The van der Waals surface area contributed by atoms with Crippen LogP contribution in [0.15, 0.2) is 12.3 Å². The van der Waals surface area contributed by atoms with Crippen molar-refractivity contribution in [2.24, 2.45) is 13.0 Å². The molecule has 0 aromatic carbocycles. The first-order valence-electron chi connectivity index (χ1n) is 4.63. The molecule has 0 amide bonds. The fraction of sp³-hybridized carbons (Fsp3) is 0.667. The summed E-state index contributed by atoms with van der Waals surface area (Å²) in [5.41, 5.74) is 1.20. The lowest BCUT2D eigenvalue weighted by atomic mass is 10.1. The maximum atomic E-state index is 8.99. The maximum absolute atomic E-state index is 8.99. The minimum Gasteiger partial charge on any atom is -0.396 e. The van der Waals surface area contributed by atoms with Crippen LogP contribution >= 0.6 is 0 Å². The molecule has 4 heteroatoms. The zero-order chi connectivity index (χ0) is 9.26. The van der Waals surface area contributed by atoms with Gasteiger partial charge in [-0.25, -0.2) is 0 Å². The van der Waals surface area contributed by atoms with Crippen molar-refractivity contribution >= 4 is 0 Å². The van der Waals surface area contributed by atoms with Crippen LogP contribution in [0.2, 0.25) is 0 Å². The van der Waals surface area contributed by atoms with Gasteiger partial charge in [0, 0.05) is 32.4 Å². The number of rotatable bonds is 2. The van der Waals surface area contributed by atoms with Gasteiger partial charge in [0.15, 0.2) is 0 Å². The number of hydrogen-bond acceptors (Lipinski definition) is 3. The van der Waals surface area contributed by atoms with Crippen LogP contribution in [0.1, 0.15) is 18.2 Å². The third-order valence-corrected chi connectivity index (χ3v) is 2.70. The molecule has 0 saturated carbocycles. The van der Waals surface area contributed by atoms with Gasteiger partial charge in [-0.2, -0.15) is 5.10 Å². The summed E-state index contributed by atoms with van der Waals surface area (Å²) < 4.78 is 1.89. The quantitative estimate of drug-likeness (QED) is 0.678. The number of aryl methyl sites for hydroxylation is 1. The normalized spacial score (nSPS) is 28.2. The number of aliphatic hydroxyl groups excluding tert-OH is 1. The summed E-state index contributed by atoms with van der Waals surface area (Å²) in [6.45, 7) is 1.19. The molecular weight excluding hydrogens is 166 g/mol. The monoisotopic (exact) mass is 181 g/mol. The molecule has 2 rings (SSSR count). The number of aliphatic hydroxyl groups is 1. The van der Waals surface area contributed by atoms with Crippen molar-refractivity contribution < 1.29 is 5.11 Å². The topological polar surface area (TPSA) is 50.1 Å². The summed E-state index contributed by atoms with van der Waals surface area (Å²) in [4.78, 5) is 0. The summed E-state index contributed by atoms with van der Waals surface area (Å²) in [5, 5.41) is 16.5. The molecule has 1 saturated heterocycles. The average Bonchev–Trinajstić information content (AvgIpc) is 2.71. The lowest BCUT2D eigenvalue weighted by Crippen LogP contribution is -2.16. The summed E-state index contributed by atoms with van der Waals surface area (Å²) in [7, 11) is 1.95. The third-order valence-electron chi connectivity index (χ3n) is 2.70. The first-order valence-corrected chi connectivity index (χ1v) is 4.63. The zero-order valence-corrected chi connectivity index (χ0v) is 7.77. The molecule has 1 fully saturated rings. The molecule has 0 aliphatic carbocycles. The Labute approximate surface area is 77.6 Å². The van der Waals surface area contributed by atoms with Crippen molar-refractivity contribution in [2.75, 3.05) is 13.2 Å². The smallest absolute Gasteiger partial charge is 0.0550 e. The second-order valence-electron chi connectivity index (χ2n) is 3.62. The van der Waals surface area contributed by atoms with Crippen LogP contribution < -0.4 is 5.32 Å². The first kappa shape index (κ1) is 8.72. The Balaban J connectivity index is 2.08. The van der Waals surface area contributed by atoms with Crippen LogP contribution in [-0.4, -0.2) is 28.0 Å². The fourth-order valence-electron chi connectivity index (χ4n) is 1.90. The van der Waals surface area contributed by atoms with E-state index in [-0.39, 0.29) is 6.61 Å². The van der Waals surface area contributed by atoms with E-state index >= 15 is 0 Å². The van der Waals surface area contributed by atoms with E-state index in [1.165, 1.54) is 5.69 Å². The Kier molecular flexibility index (Phi) is 2.33. The summed E-state index contributed by atoms with van der Waals surface area (Å²) in [6.07, 6.45) is 2.82. The lowest BCUT2D eigenvalue weighted by Gasteiger charge is -2.10. The molecule has 2 atom stereocenters. The third kappa shape index (κ3) is 1.59. The Bertz CT molecular complexity index is 284. The van der Waals surface area contributed by atoms with Crippen molar-refractivity contribution in [3.8, 4) is 0 Å². The van der Waals surface area contributed by atoms with Crippen LogP contribution in [0.5, 0.6) is 0 Å². The summed E-state index contributed by atoms with van der Waals surface area (Å²) >= 11 is 0. The molecular formula is C9H15N3O. The van der Waals surface area contributed by atoms with Gasteiger partial charge in [0.1, 0.15) is 0 Å². The fourth-order valence-corrected chi connectivity index (χ4v) is 1.90. The molecule has 72 valence electrons. The molecule has 1 aromatic heterocycles. The molecule has 4 nitrogen and oxygen atoms in total. The van der Waals surface area contributed by atoms with Gasteiger partial charge < -0.3 is 10.4 Å². The number of nitrogens with one attached hydrogen (secondary N) is 1. The van der Waals surface area contributed by atoms with Crippen molar-refractivity contribution in [1.29, 1.82) is 0 Å². The minimum absolute atomic E-state index is 0.279. The highest BCUT2D eigenvalue weighted by atomic mass is 16.3. The van der Waals surface area contributed by atoms with E-state index < -0.39 is 0 Å². The van der Waals surface area contributed by atoms with Gasteiger partial charge in [0.25, 0.3) is 0 Å². The van der Waals surface area contributed by atoms with Crippen LogP contribution in [-0.2, 0) is 7.05 Å². The molecule has 1 aliphatic rings. The van der Waals surface area contributed by atoms with Gasteiger partial charge in [-0.1, -0.05) is 0 Å². The molecule has 2 N–H and O–H groups in total. The van der Waals surface area contributed by atoms with Gasteiger partial charge >= 0.3 is 0 Å². The van der Waals surface area contributed by atoms with Crippen LogP contribution in [0.4, 0.5) is 0 Å². The molecule has 0 spiro atoms. The summed E-state index contributed by atoms with van der Waals surface area (Å²) in [5.74, 6) is 0.403. The van der Waals surface area contributed by atoms with Gasteiger partial charge in [0.05, 0.1) is 5.69 Å². The second-order valence-corrected chi connectivity index (χ2v) is 3.62. The molecule has 13 heavy (non-hydrogen) atoms. The van der Waals surface area contributed by atoms with E-state index in [4.69, 9.17) is 5.11 Å². The highest BCUT2D eigenvalue weighted by Crippen LogP contribution is 2.25. The Morgan fingerprint density at radius 2 is 2.62 bits per heavy atom. The standard InChI is InChI=1S/C9H15N3O/c1-12-9(2-3-11-12)8-4-7(6-13)5-10-8/h2-3,7-8,10,13H,4-6H2,1H3. The van der Waals surface area contributed by atoms with E-state index in [1.807, 2.05) is 24.0 Å². The van der Waals surface area contributed by atoms with Gasteiger partial charge in [-0.3, -0.25) is 4.68 Å². The average molecular weight is 181 g/mol. The van der Waals surface area contributed by atoms with Crippen molar-refractivity contribution in [3.63, 3.8) is 0 Å². The lowest BCUT2D eigenvalue weighted by molar-refractivity contribution is 0.235. The largest absolute Gasteiger partial charge is 0.396 e. The van der Waals surface area contributed by atoms with Crippen molar-refractivity contribution in [3.05, 3.63) is 18.0 Å². The van der Waals surface area contributed by atoms with E-state index in [9.17, 15) is 0 Å². The maximum Gasteiger partial charge on any atom is 0.0550 e. The summed E-state index contributed by atoms with van der Waals surface area (Å²) in [6, 6.07) is 2.39. The molecule has 2 unspecified atom stereocenters. The van der Waals surface area contributed by atoms with E-state index in [1.54, 1.807) is 0 Å². The van der Waals surface area contributed by atoms with E-state index in [0.717, 1.165) is 13.0 Å². The van der Waals surface area contributed by atoms with Crippen molar-refractivity contribution in [2.45, 2.75) is 12.5 Å². The number of nitrogens with zero attached hydrogens (tertiary/aromatic N) is 2.